The first-order valence-corrected chi connectivity index (χ1v) is 7.33. The van der Waals surface area contributed by atoms with E-state index in [-0.39, 0.29) is 0 Å². The van der Waals surface area contributed by atoms with Crippen LogP contribution in [-0.2, 0) is 0 Å². The van der Waals surface area contributed by atoms with Crippen molar-refractivity contribution in [2.75, 3.05) is 12.8 Å². The second-order valence-electron chi connectivity index (χ2n) is 4.99. The molecular weight excluding hydrogens is 310 g/mol. The van der Waals surface area contributed by atoms with Crippen LogP contribution >= 0.6 is 11.6 Å². The SMILES string of the molecule is COc1cccc(-n2cc(-c3ccc(Cl)cc3)c(C#N)c2N)c1. The second kappa shape index (κ2) is 6.07. The molecule has 0 radical (unpaired) electrons. The Morgan fingerprint density at radius 1 is 1.17 bits per heavy atom. The molecule has 23 heavy (non-hydrogen) atoms. The van der Waals surface area contributed by atoms with Gasteiger partial charge < -0.3 is 15.0 Å². The van der Waals surface area contributed by atoms with Crippen LogP contribution < -0.4 is 10.5 Å². The summed E-state index contributed by atoms with van der Waals surface area (Å²) in [5, 5.41) is 10.1. The maximum absolute atomic E-state index is 9.48. The van der Waals surface area contributed by atoms with Crippen molar-refractivity contribution in [1.82, 2.24) is 4.57 Å². The highest BCUT2D eigenvalue weighted by Crippen LogP contribution is 2.32. The highest BCUT2D eigenvalue weighted by atomic mass is 35.5. The standard InChI is InChI=1S/C18H14ClN3O/c1-23-15-4-2-3-14(9-15)22-11-17(16(10-20)18(22)21)12-5-7-13(19)8-6-12/h2-9,11H,21H2,1H3. The van der Waals surface area contributed by atoms with Gasteiger partial charge in [-0.2, -0.15) is 5.26 Å². The summed E-state index contributed by atoms with van der Waals surface area (Å²) in [4.78, 5) is 0. The molecule has 0 aliphatic carbocycles. The molecule has 1 aromatic heterocycles. The van der Waals surface area contributed by atoms with Crippen molar-refractivity contribution in [2.24, 2.45) is 0 Å². The molecule has 2 N–H and O–H groups in total. The van der Waals surface area contributed by atoms with Gasteiger partial charge in [0.2, 0.25) is 0 Å². The van der Waals surface area contributed by atoms with Gasteiger partial charge in [-0.3, -0.25) is 0 Å². The number of nitriles is 1. The number of nitrogen functional groups attached to an aromatic ring is 1. The van der Waals surface area contributed by atoms with Crippen LogP contribution in [0.15, 0.2) is 54.7 Å². The minimum Gasteiger partial charge on any atom is -0.497 e. The van der Waals surface area contributed by atoms with Crippen molar-refractivity contribution in [3.05, 3.63) is 65.3 Å². The molecule has 0 aliphatic heterocycles. The normalized spacial score (nSPS) is 10.3. The topological polar surface area (TPSA) is 64.0 Å². The van der Waals surface area contributed by atoms with Gasteiger partial charge in [-0.05, 0) is 29.8 Å². The van der Waals surface area contributed by atoms with Crippen LogP contribution in [0.1, 0.15) is 5.56 Å². The van der Waals surface area contributed by atoms with Crippen molar-refractivity contribution >= 4 is 17.4 Å². The third kappa shape index (κ3) is 2.75. The van der Waals surface area contributed by atoms with E-state index in [0.717, 1.165) is 22.6 Å². The van der Waals surface area contributed by atoms with E-state index in [2.05, 4.69) is 6.07 Å². The second-order valence-corrected chi connectivity index (χ2v) is 5.43. The van der Waals surface area contributed by atoms with E-state index in [1.165, 1.54) is 0 Å². The highest BCUT2D eigenvalue weighted by Gasteiger charge is 2.16. The fourth-order valence-electron chi connectivity index (χ4n) is 2.46. The quantitative estimate of drug-likeness (QED) is 0.783. The smallest absolute Gasteiger partial charge is 0.126 e. The van der Waals surface area contributed by atoms with E-state index in [9.17, 15) is 5.26 Å². The maximum Gasteiger partial charge on any atom is 0.126 e. The molecule has 0 unspecified atom stereocenters. The average molecular weight is 324 g/mol. The van der Waals surface area contributed by atoms with Gasteiger partial charge in [-0.25, -0.2) is 0 Å². The minimum atomic E-state index is 0.394. The zero-order chi connectivity index (χ0) is 16.4. The van der Waals surface area contributed by atoms with E-state index in [1.807, 2.05) is 42.6 Å². The summed E-state index contributed by atoms with van der Waals surface area (Å²) < 4.78 is 7.03. The summed E-state index contributed by atoms with van der Waals surface area (Å²) in [6.45, 7) is 0. The Labute approximate surface area is 139 Å². The summed E-state index contributed by atoms with van der Waals surface area (Å²) >= 11 is 5.93. The largest absolute Gasteiger partial charge is 0.497 e. The number of nitrogens with zero attached hydrogens (tertiary/aromatic N) is 2. The first-order chi connectivity index (χ1) is 11.1. The molecule has 0 spiro atoms. The van der Waals surface area contributed by atoms with Crippen LogP contribution in [0, 0.1) is 11.3 Å². The molecule has 5 heteroatoms. The summed E-state index contributed by atoms with van der Waals surface area (Å²) in [6, 6.07) is 17.0. The Morgan fingerprint density at radius 3 is 2.57 bits per heavy atom. The third-order valence-electron chi connectivity index (χ3n) is 3.64. The molecule has 0 bridgehead atoms. The number of hydrogen-bond donors (Lipinski definition) is 1. The fraction of sp³-hybridized carbons (Fsp3) is 0.0556. The van der Waals surface area contributed by atoms with E-state index in [4.69, 9.17) is 22.1 Å². The number of methoxy groups -OCH3 is 1. The lowest BCUT2D eigenvalue weighted by Crippen LogP contribution is -2.00. The van der Waals surface area contributed by atoms with Crippen molar-refractivity contribution < 1.29 is 4.74 Å². The molecule has 0 atom stereocenters. The highest BCUT2D eigenvalue weighted by molar-refractivity contribution is 6.30. The zero-order valence-corrected chi connectivity index (χ0v) is 13.2. The Kier molecular flexibility index (Phi) is 3.96. The minimum absolute atomic E-state index is 0.394. The van der Waals surface area contributed by atoms with Gasteiger partial charge in [0.1, 0.15) is 23.2 Å². The molecule has 2 aromatic carbocycles. The van der Waals surface area contributed by atoms with E-state index >= 15 is 0 Å². The van der Waals surface area contributed by atoms with E-state index in [1.54, 1.807) is 23.8 Å². The summed E-state index contributed by atoms with van der Waals surface area (Å²) in [5.41, 5.74) is 9.11. The molecule has 1 heterocycles. The molecule has 0 saturated carbocycles. The van der Waals surface area contributed by atoms with Gasteiger partial charge in [0.25, 0.3) is 0 Å². The van der Waals surface area contributed by atoms with Crippen LogP contribution in [0.3, 0.4) is 0 Å². The molecule has 4 nitrogen and oxygen atoms in total. The number of nitrogens with two attached hydrogens (primary N) is 1. The molecule has 0 fully saturated rings. The summed E-state index contributed by atoms with van der Waals surface area (Å²) in [5.74, 6) is 1.12. The van der Waals surface area contributed by atoms with Gasteiger partial charge in [0.05, 0.1) is 12.8 Å². The van der Waals surface area contributed by atoms with Gasteiger partial charge >= 0.3 is 0 Å². The van der Waals surface area contributed by atoms with Crippen LogP contribution in [0.2, 0.25) is 5.02 Å². The van der Waals surface area contributed by atoms with Gasteiger partial charge in [0, 0.05) is 22.8 Å². The first kappa shape index (κ1) is 15.0. The molecular formula is C18H14ClN3O. The van der Waals surface area contributed by atoms with Crippen LogP contribution in [0.25, 0.3) is 16.8 Å². The van der Waals surface area contributed by atoms with Crippen molar-refractivity contribution in [3.63, 3.8) is 0 Å². The van der Waals surface area contributed by atoms with Crippen LogP contribution in [-0.4, -0.2) is 11.7 Å². The monoisotopic (exact) mass is 323 g/mol. The molecule has 0 amide bonds. The summed E-state index contributed by atoms with van der Waals surface area (Å²) in [6.07, 6.45) is 1.85. The lowest BCUT2D eigenvalue weighted by atomic mass is 10.1. The number of hydrogen-bond acceptors (Lipinski definition) is 3. The molecule has 3 aromatic rings. The Hall–Kier alpha value is -2.90. The van der Waals surface area contributed by atoms with E-state index < -0.39 is 0 Å². The van der Waals surface area contributed by atoms with Gasteiger partial charge in [-0.15, -0.1) is 0 Å². The Bertz CT molecular complexity index is 892. The van der Waals surface area contributed by atoms with E-state index in [0.29, 0.717) is 16.4 Å². The lowest BCUT2D eigenvalue weighted by molar-refractivity contribution is 0.414. The number of rotatable bonds is 3. The third-order valence-corrected chi connectivity index (χ3v) is 3.89. The van der Waals surface area contributed by atoms with Crippen molar-refractivity contribution in [1.29, 1.82) is 5.26 Å². The number of aromatic nitrogens is 1. The number of halogens is 1. The number of ether oxygens (including phenoxy) is 1. The molecule has 0 saturated heterocycles. The predicted octanol–water partition coefficient (Wildman–Crippen LogP) is 4.26. The average Bonchev–Trinajstić information content (AvgIpc) is 2.92. The van der Waals surface area contributed by atoms with Gasteiger partial charge in [0.15, 0.2) is 0 Å². The van der Waals surface area contributed by atoms with Gasteiger partial charge in [-0.1, -0.05) is 29.8 Å². The molecule has 0 aliphatic rings. The number of anilines is 1. The number of benzene rings is 2. The lowest BCUT2D eigenvalue weighted by Gasteiger charge is -2.07. The molecule has 114 valence electrons. The van der Waals surface area contributed by atoms with Crippen molar-refractivity contribution in [3.8, 4) is 28.6 Å². The Balaban J connectivity index is 2.17. The van der Waals surface area contributed by atoms with Crippen LogP contribution in [0.5, 0.6) is 5.75 Å². The predicted molar refractivity (Wildman–Crippen MR) is 91.9 cm³/mol. The molecule has 3 rings (SSSR count). The van der Waals surface area contributed by atoms with Crippen LogP contribution in [0.4, 0.5) is 5.82 Å². The fourth-order valence-corrected chi connectivity index (χ4v) is 2.59. The maximum atomic E-state index is 9.48. The zero-order valence-electron chi connectivity index (χ0n) is 12.5. The van der Waals surface area contributed by atoms with Crippen molar-refractivity contribution in [2.45, 2.75) is 0 Å². The Morgan fingerprint density at radius 2 is 1.91 bits per heavy atom. The first-order valence-electron chi connectivity index (χ1n) is 6.95. The summed E-state index contributed by atoms with van der Waals surface area (Å²) in [7, 11) is 1.61.